The molecule has 1 aliphatic carbocycles. The number of hydrogen-bond acceptors (Lipinski definition) is 3. The van der Waals surface area contributed by atoms with Crippen molar-refractivity contribution in [2.45, 2.75) is 65.4 Å². The van der Waals surface area contributed by atoms with Crippen molar-refractivity contribution in [2.75, 3.05) is 19.7 Å². The Hall–Kier alpha value is -1.23. The first-order valence-corrected chi connectivity index (χ1v) is 10.8. The molecule has 2 fully saturated rings. The van der Waals surface area contributed by atoms with Crippen molar-refractivity contribution in [3.8, 4) is 5.75 Å². The zero-order valence-electron chi connectivity index (χ0n) is 17.0. The Morgan fingerprint density at radius 3 is 2.52 bits per heavy atom. The maximum absolute atomic E-state index is 12.2. The van der Waals surface area contributed by atoms with Gasteiger partial charge in [0.25, 0.3) is 0 Å². The minimum Gasteiger partial charge on any atom is -0.494 e. The maximum atomic E-state index is 12.2. The van der Waals surface area contributed by atoms with E-state index in [-0.39, 0.29) is 6.09 Å². The second kappa shape index (κ2) is 8.02. The fraction of sp³-hybridized carbons (Fsp3) is 0.682. The van der Waals surface area contributed by atoms with E-state index in [1.54, 1.807) is 0 Å². The molecule has 1 heterocycles. The van der Waals surface area contributed by atoms with Crippen LogP contribution in [0.1, 0.15) is 58.4 Å². The zero-order chi connectivity index (χ0) is 19.7. The van der Waals surface area contributed by atoms with Crippen LogP contribution in [0.4, 0.5) is 4.79 Å². The van der Waals surface area contributed by atoms with Crippen LogP contribution in [0, 0.1) is 18.3 Å². The molecule has 0 radical (unpaired) electrons. The van der Waals surface area contributed by atoms with Crippen molar-refractivity contribution in [1.29, 1.82) is 0 Å². The molecule has 1 saturated carbocycles. The fourth-order valence-corrected chi connectivity index (χ4v) is 4.56. The van der Waals surface area contributed by atoms with E-state index in [9.17, 15) is 4.79 Å². The van der Waals surface area contributed by atoms with Crippen LogP contribution in [-0.2, 0) is 4.74 Å². The maximum Gasteiger partial charge on any atom is 0.410 e. The van der Waals surface area contributed by atoms with Gasteiger partial charge in [0.1, 0.15) is 11.4 Å². The van der Waals surface area contributed by atoms with E-state index in [0.717, 1.165) is 55.1 Å². The van der Waals surface area contributed by atoms with Crippen LogP contribution < -0.4 is 4.74 Å². The molecule has 0 N–H and O–H groups in total. The van der Waals surface area contributed by atoms with Crippen molar-refractivity contribution in [1.82, 2.24) is 4.90 Å². The summed E-state index contributed by atoms with van der Waals surface area (Å²) < 4.78 is 12.5. The van der Waals surface area contributed by atoms with Gasteiger partial charge in [0.05, 0.1) is 6.61 Å². The first-order valence-electron chi connectivity index (χ1n) is 10.0. The summed E-state index contributed by atoms with van der Waals surface area (Å²) in [6, 6.07) is 6.14. The number of ether oxygens (including phenoxy) is 2. The van der Waals surface area contributed by atoms with Gasteiger partial charge in [-0.05, 0) is 94.9 Å². The Bertz CT molecular complexity index is 667. The highest BCUT2D eigenvalue weighted by atomic mass is 79.9. The fourth-order valence-electron chi connectivity index (χ4n) is 4.32. The molecule has 1 spiro atoms. The molecule has 0 unspecified atom stereocenters. The molecule has 0 aromatic heterocycles. The summed E-state index contributed by atoms with van der Waals surface area (Å²) in [6.07, 6.45) is 5.72. The third kappa shape index (κ3) is 5.40. The largest absolute Gasteiger partial charge is 0.494 e. The Balaban J connectivity index is 1.36. The van der Waals surface area contributed by atoms with Gasteiger partial charge in [-0.15, -0.1) is 0 Å². The molecule has 1 saturated heterocycles. The topological polar surface area (TPSA) is 38.8 Å². The van der Waals surface area contributed by atoms with Gasteiger partial charge >= 0.3 is 6.09 Å². The molecule has 1 amide bonds. The Morgan fingerprint density at radius 1 is 1.26 bits per heavy atom. The third-order valence-corrected chi connectivity index (χ3v) is 6.73. The van der Waals surface area contributed by atoms with E-state index in [2.05, 4.69) is 28.9 Å². The molecule has 0 atom stereocenters. The van der Waals surface area contributed by atoms with E-state index in [0.29, 0.717) is 5.41 Å². The van der Waals surface area contributed by atoms with Gasteiger partial charge in [0.15, 0.2) is 0 Å². The van der Waals surface area contributed by atoms with Gasteiger partial charge in [-0.25, -0.2) is 4.79 Å². The normalized spacial score (nSPS) is 19.7. The zero-order valence-corrected chi connectivity index (χ0v) is 18.6. The summed E-state index contributed by atoms with van der Waals surface area (Å²) in [6.45, 7) is 10.3. The summed E-state index contributed by atoms with van der Waals surface area (Å²) in [7, 11) is 0. The molecule has 2 aliphatic rings. The number of amides is 1. The lowest BCUT2D eigenvalue weighted by atomic mass is 9.57. The lowest BCUT2D eigenvalue weighted by Crippen LogP contribution is -2.49. The molecule has 27 heavy (non-hydrogen) atoms. The van der Waals surface area contributed by atoms with Crippen molar-refractivity contribution < 1.29 is 14.3 Å². The van der Waals surface area contributed by atoms with Crippen molar-refractivity contribution in [3.63, 3.8) is 0 Å². The molecule has 0 bridgehead atoms. The van der Waals surface area contributed by atoms with Gasteiger partial charge in [-0.2, -0.15) is 0 Å². The second-order valence-electron chi connectivity index (χ2n) is 9.29. The lowest BCUT2D eigenvalue weighted by molar-refractivity contribution is -0.0314. The number of aryl methyl sites for hydroxylation is 1. The van der Waals surface area contributed by atoms with Crippen molar-refractivity contribution in [2.24, 2.45) is 11.3 Å². The van der Waals surface area contributed by atoms with Crippen LogP contribution >= 0.6 is 15.9 Å². The Morgan fingerprint density at radius 2 is 1.93 bits per heavy atom. The summed E-state index contributed by atoms with van der Waals surface area (Å²) in [4.78, 5) is 14.1. The monoisotopic (exact) mass is 437 g/mol. The molecule has 1 aliphatic heterocycles. The van der Waals surface area contributed by atoms with E-state index in [1.165, 1.54) is 18.4 Å². The SMILES string of the molecule is Cc1cc(OCCC2CC3(CCN(C(=O)OC(C)(C)C)CC3)C2)ccc1Br. The summed E-state index contributed by atoms with van der Waals surface area (Å²) >= 11 is 3.52. The smallest absolute Gasteiger partial charge is 0.410 e. The summed E-state index contributed by atoms with van der Waals surface area (Å²) in [5, 5.41) is 0. The van der Waals surface area contributed by atoms with Crippen LogP contribution in [0.3, 0.4) is 0 Å². The minimum atomic E-state index is -0.416. The van der Waals surface area contributed by atoms with Crippen molar-refractivity contribution >= 4 is 22.0 Å². The number of hydrogen-bond donors (Lipinski definition) is 0. The van der Waals surface area contributed by atoms with E-state index in [1.807, 2.05) is 37.8 Å². The highest BCUT2D eigenvalue weighted by Crippen LogP contribution is 2.53. The quantitative estimate of drug-likeness (QED) is 0.583. The number of carbonyl (C=O) groups excluding carboxylic acids is 1. The highest BCUT2D eigenvalue weighted by Gasteiger charge is 2.46. The Labute approximate surface area is 171 Å². The predicted molar refractivity (Wildman–Crippen MR) is 111 cm³/mol. The molecule has 4 nitrogen and oxygen atoms in total. The van der Waals surface area contributed by atoms with Crippen LogP contribution in [0.25, 0.3) is 0 Å². The first-order chi connectivity index (χ1) is 12.7. The average Bonchev–Trinajstić information content (AvgIpc) is 2.55. The van der Waals surface area contributed by atoms with E-state index in [4.69, 9.17) is 9.47 Å². The Kier molecular flexibility index (Phi) is 6.09. The van der Waals surface area contributed by atoms with Gasteiger partial charge in [-0.3, -0.25) is 0 Å². The van der Waals surface area contributed by atoms with Crippen molar-refractivity contribution in [3.05, 3.63) is 28.2 Å². The van der Waals surface area contributed by atoms with Crippen LogP contribution in [-0.4, -0.2) is 36.3 Å². The molecule has 1 aromatic rings. The molecule has 150 valence electrons. The number of nitrogens with zero attached hydrogens (tertiary/aromatic N) is 1. The van der Waals surface area contributed by atoms with Crippen LogP contribution in [0.2, 0.25) is 0 Å². The number of benzene rings is 1. The van der Waals surface area contributed by atoms with Gasteiger partial charge in [-0.1, -0.05) is 15.9 Å². The average molecular weight is 438 g/mol. The number of likely N-dealkylation sites (tertiary alicyclic amines) is 1. The molecular weight excluding hydrogens is 406 g/mol. The number of rotatable bonds is 4. The molecule has 3 rings (SSSR count). The van der Waals surface area contributed by atoms with E-state index >= 15 is 0 Å². The molecular formula is C22H32BrNO3. The summed E-state index contributed by atoms with van der Waals surface area (Å²) in [5.41, 5.74) is 1.24. The first kappa shape index (κ1) is 20.5. The number of halogens is 1. The van der Waals surface area contributed by atoms with Crippen LogP contribution in [0.5, 0.6) is 5.75 Å². The van der Waals surface area contributed by atoms with E-state index < -0.39 is 5.60 Å². The predicted octanol–water partition coefficient (Wildman–Crippen LogP) is 5.95. The summed E-state index contributed by atoms with van der Waals surface area (Å²) in [5.74, 6) is 1.71. The highest BCUT2D eigenvalue weighted by molar-refractivity contribution is 9.10. The number of piperidine rings is 1. The second-order valence-corrected chi connectivity index (χ2v) is 10.1. The van der Waals surface area contributed by atoms with Gasteiger partial charge in [0.2, 0.25) is 0 Å². The van der Waals surface area contributed by atoms with Gasteiger partial charge < -0.3 is 14.4 Å². The van der Waals surface area contributed by atoms with Crippen LogP contribution in [0.15, 0.2) is 22.7 Å². The minimum absolute atomic E-state index is 0.161. The van der Waals surface area contributed by atoms with Gasteiger partial charge in [0, 0.05) is 17.6 Å². The standard InChI is InChI=1S/C22H32BrNO3/c1-16-13-18(5-6-19(16)23)26-12-7-17-14-22(15-17)8-10-24(11-9-22)20(25)27-21(2,3)4/h5-6,13,17H,7-12,14-15H2,1-4H3. The number of carbonyl (C=O) groups is 1. The third-order valence-electron chi connectivity index (χ3n) is 5.84. The molecule has 1 aromatic carbocycles. The molecule has 5 heteroatoms. The lowest BCUT2D eigenvalue weighted by Gasteiger charge is -2.52.